The van der Waals surface area contributed by atoms with Crippen molar-refractivity contribution in [2.24, 2.45) is 0 Å². The number of nitrogens with one attached hydrogen (secondary N) is 1. The van der Waals surface area contributed by atoms with Gasteiger partial charge in [-0.15, -0.1) is 0 Å². The third-order valence-electron chi connectivity index (χ3n) is 6.68. The number of aromatic amines is 1. The zero-order valence-electron chi connectivity index (χ0n) is 22.8. The predicted molar refractivity (Wildman–Crippen MR) is 156 cm³/mol. The van der Waals surface area contributed by atoms with E-state index in [1.165, 1.54) is 24.3 Å². The highest BCUT2D eigenvalue weighted by Crippen LogP contribution is 2.43. The molecule has 0 aliphatic carbocycles. The van der Waals surface area contributed by atoms with Crippen LogP contribution in [0.25, 0.3) is 0 Å². The second-order valence-corrected chi connectivity index (χ2v) is 9.66. The molecule has 1 N–H and O–H groups in total. The predicted octanol–water partition coefficient (Wildman–Crippen LogP) is 3.31. The summed E-state index contributed by atoms with van der Waals surface area (Å²) >= 11 is 5.91. The summed E-state index contributed by atoms with van der Waals surface area (Å²) in [7, 11) is 0. The van der Waals surface area contributed by atoms with Crippen LogP contribution in [0.3, 0.4) is 0 Å². The molecule has 1 aromatic heterocycles. The first-order valence-electron chi connectivity index (χ1n) is 13.2. The Labute approximate surface area is 254 Å². The first-order valence-corrected chi connectivity index (χ1v) is 13.6. The van der Waals surface area contributed by atoms with E-state index in [2.05, 4.69) is 16.3 Å². The summed E-state index contributed by atoms with van der Waals surface area (Å²) in [4.78, 5) is 66.7. The van der Waals surface area contributed by atoms with Crippen molar-refractivity contribution < 1.29 is 33.3 Å². The number of nitrogens with zero attached hydrogens (tertiary/aromatic N) is 1. The number of rotatable bonds is 8. The Hall–Kier alpha value is -5.44. The Morgan fingerprint density at radius 1 is 0.818 bits per heavy atom. The number of halogens is 1. The van der Waals surface area contributed by atoms with E-state index < -0.39 is 59.8 Å². The third kappa shape index (κ3) is 6.32. The highest BCUT2D eigenvalue weighted by atomic mass is 35.5. The second kappa shape index (κ2) is 13.2. The Balaban J connectivity index is 1.62. The molecule has 4 atom stereocenters. The maximum Gasteiger partial charge on any atom is 0.339 e. The smallest absolute Gasteiger partial charge is 0.339 e. The number of ether oxygens (including phenoxy) is 4. The Morgan fingerprint density at radius 2 is 1.36 bits per heavy atom. The number of H-pyrrole nitrogens is 1. The van der Waals surface area contributed by atoms with Crippen LogP contribution in [0.15, 0.2) is 113 Å². The lowest BCUT2D eigenvalue weighted by Gasteiger charge is -2.33. The van der Waals surface area contributed by atoms with Crippen molar-refractivity contribution in [1.29, 1.82) is 0 Å². The second-order valence-electron chi connectivity index (χ2n) is 9.47. The number of aromatic nitrogens is 2. The summed E-state index contributed by atoms with van der Waals surface area (Å²) in [5, 5.41) is 2.17. The normalized spacial score (nSPS) is 20.5. The van der Waals surface area contributed by atoms with Gasteiger partial charge in [-0.3, -0.25) is 14.3 Å². The molecule has 11 nitrogen and oxygen atoms in total. The van der Waals surface area contributed by atoms with Crippen molar-refractivity contribution >= 4 is 29.5 Å². The zero-order valence-corrected chi connectivity index (χ0v) is 23.5. The fraction of sp³-hybridized carbons (Fsp3) is 0.156. The van der Waals surface area contributed by atoms with Crippen LogP contribution in [0.5, 0.6) is 0 Å². The summed E-state index contributed by atoms with van der Waals surface area (Å²) in [6, 6.07) is 24.9. The largest absolute Gasteiger partial charge is 0.459 e. The first kappa shape index (κ1) is 30.0. The van der Waals surface area contributed by atoms with Gasteiger partial charge < -0.3 is 18.9 Å². The monoisotopic (exact) mass is 614 g/mol. The first-order chi connectivity index (χ1) is 21.3. The number of benzene rings is 3. The van der Waals surface area contributed by atoms with Crippen LogP contribution < -0.4 is 11.2 Å². The van der Waals surface area contributed by atoms with E-state index in [1.807, 2.05) is 0 Å². The van der Waals surface area contributed by atoms with Crippen LogP contribution >= 0.6 is 11.6 Å². The zero-order chi connectivity index (χ0) is 31.1. The van der Waals surface area contributed by atoms with E-state index in [0.29, 0.717) is 0 Å². The number of esters is 3. The molecule has 1 aliphatic rings. The van der Waals surface area contributed by atoms with Gasteiger partial charge in [0.25, 0.3) is 11.2 Å². The molecule has 1 fully saturated rings. The van der Waals surface area contributed by atoms with Gasteiger partial charge in [0.05, 0.1) is 16.7 Å². The van der Waals surface area contributed by atoms with Crippen LogP contribution in [0, 0.1) is 11.3 Å². The Kier molecular flexibility index (Phi) is 9.04. The summed E-state index contributed by atoms with van der Waals surface area (Å²) in [5.74, 6) is 0.0885. The fourth-order valence-electron chi connectivity index (χ4n) is 4.63. The van der Waals surface area contributed by atoms with Gasteiger partial charge in [0.1, 0.15) is 12.7 Å². The average Bonchev–Trinajstić information content (AvgIpc) is 3.32. The van der Waals surface area contributed by atoms with Crippen molar-refractivity contribution in [3.63, 3.8) is 0 Å². The van der Waals surface area contributed by atoms with Gasteiger partial charge in [0.15, 0.2) is 12.3 Å². The van der Waals surface area contributed by atoms with Gasteiger partial charge in [-0.25, -0.2) is 19.2 Å². The van der Waals surface area contributed by atoms with E-state index >= 15 is 0 Å². The molecule has 2 heterocycles. The lowest BCUT2D eigenvalue weighted by atomic mass is 9.93. The molecule has 0 radical (unpaired) electrons. The maximum absolute atomic E-state index is 13.5. The molecule has 222 valence electrons. The van der Waals surface area contributed by atoms with Crippen molar-refractivity contribution in [3.05, 3.63) is 141 Å². The van der Waals surface area contributed by atoms with Gasteiger partial charge >= 0.3 is 23.6 Å². The molecule has 4 aromatic rings. The fourth-order valence-corrected chi connectivity index (χ4v) is 4.78. The molecule has 1 saturated heterocycles. The topological polar surface area (TPSA) is 143 Å². The lowest BCUT2D eigenvalue weighted by molar-refractivity contribution is -0.0897. The SMILES string of the molecule is O=C(OCC1OC(n2ccc(=O)[nH]c2=O)C(C#CCl)(OC(=O)c2ccccc2)C1OC(=O)c1ccccc1)c1ccccc1. The van der Waals surface area contributed by atoms with Gasteiger partial charge in [-0.2, -0.15) is 0 Å². The molecule has 4 unspecified atom stereocenters. The van der Waals surface area contributed by atoms with Gasteiger partial charge in [-0.1, -0.05) is 54.6 Å². The number of carbonyl (C=O) groups is 3. The number of hydrogen-bond acceptors (Lipinski definition) is 9. The van der Waals surface area contributed by atoms with Crippen LogP contribution in [-0.2, 0) is 18.9 Å². The van der Waals surface area contributed by atoms with E-state index in [1.54, 1.807) is 66.7 Å². The van der Waals surface area contributed by atoms with Crippen molar-refractivity contribution in [3.8, 4) is 11.3 Å². The summed E-state index contributed by atoms with van der Waals surface area (Å²) in [6.07, 6.45) is -3.50. The van der Waals surface area contributed by atoms with Crippen molar-refractivity contribution in [2.45, 2.75) is 24.0 Å². The molecule has 3 aromatic carbocycles. The van der Waals surface area contributed by atoms with Crippen LogP contribution in [0.4, 0.5) is 0 Å². The van der Waals surface area contributed by atoms with E-state index in [0.717, 1.165) is 16.8 Å². The molecule has 1 aliphatic heterocycles. The number of carbonyl (C=O) groups excluding carboxylic acids is 3. The summed E-state index contributed by atoms with van der Waals surface area (Å²) in [5.41, 5.74) is -3.47. The van der Waals surface area contributed by atoms with Gasteiger partial charge in [0, 0.05) is 17.6 Å². The van der Waals surface area contributed by atoms with Crippen molar-refractivity contribution in [1.82, 2.24) is 9.55 Å². The molecular formula is C32H23ClN2O9. The number of hydrogen-bond donors (Lipinski definition) is 1. The van der Waals surface area contributed by atoms with E-state index in [9.17, 15) is 24.0 Å². The quantitative estimate of drug-likeness (QED) is 0.180. The van der Waals surface area contributed by atoms with Crippen LogP contribution in [-0.4, -0.2) is 51.9 Å². The molecule has 0 bridgehead atoms. The molecule has 0 amide bonds. The molecule has 44 heavy (non-hydrogen) atoms. The van der Waals surface area contributed by atoms with Crippen molar-refractivity contribution in [2.75, 3.05) is 6.61 Å². The molecule has 0 spiro atoms. The summed E-state index contributed by atoms with van der Waals surface area (Å²) < 4.78 is 24.4. The van der Waals surface area contributed by atoms with Gasteiger partial charge in [0.2, 0.25) is 0 Å². The highest BCUT2D eigenvalue weighted by Gasteiger charge is 2.63. The van der Waals surface area contributed by atoms with Crippen LogP contribution in [0.2, 0.25) is 0 Å². The molecule has 5 rings (SSSR count). The molecular weight excluding hydrogens is 592 g/mol. The Morgan fingerprint density at radius 3 is 1.91 bits per heavy atom. The average molecular weight is 615 g/mol. The minimum absolute atomic E-state index is 0.0999. The minimum Gasteiger partial charge on any atom is -0.459 e. The molecule has 12 heteroatoms. The minimum atomic E-state index is -2.29. The lowest BCUT2D eigenvalue weighted by Crippen LogP contribution is -2.53. The van der Waals surface area contributed by atoms with Crippen LogP contribution in [0.1, 0.15) is 37.3 Å². The van der Waals surface area contributed by atoms with Gasteiger partial charge in [-0.05, 0) is 53.9 Å². The maximum atomic E-state index is 13.5. The third-order valence-corrected chi connectivity index (χ3v) is 6.77. The Bertz CT molecular complexity index is 1830. The molecule has 0 saturated carbocycles. The summed E-state index contributed by atoms with van der Waals surface area (Å²) in [6.45, 7) is -0.524. The highest BCUT2D eigenvalue weighted by molar-refractivity contribution is 6.30. The van der Waals surface area contributed by atoms with E-state index in [4.69, 9.17) is 30.5 Å². The van der Waals surface area contributed by atoms with E-state index in [-0.39, 0.29) is 16.7 Å². The standard InChI is InChI=1S/C32H23ClN2O9/c33-18-17-32(44-29(39)23-14-8-3-9-15-23)26(43-28(38)22-12-6-2-7-13-22)24(20-41-27(37)21-10-4-1-5-11-21)42-30(32)35-19-16-25(36)34-31(35)40/h1-16,19,24,26,30H,20H2,(H,34,36,40).